The Balaban J connectivity index is 2.02. The summed E-state index contributed by atoms with van der Waals surface area (Å²) in [6, 6.07) is 6.51. The predicted molar refractivity (Wildman–Crippen MR) is 81.4 cm³/mol. The third-order valence-electron chi connectivity index (χ3n) is 4.25. The quantitative estimate of drug-likeness (QED) is 0.792. The van der Waals surface area contributed by atoms with Crippen LogP contribution in [0, 0.1) is 13.8 Å². The second-order valence-corrected chi connectivity index (χ2v) is 5.87. The number of hydrogen-bond donors (Lipinski definition) is 1. The molecular weight excluding hydrogens is 232 g/mol. The van der Waals surface area contributed by atoms with Crippen LogP contribution in [0.4, 0.5) is 0 Å². The Bertz CT molecular complexity index is 445. The molecule has 0 spiro atoms. The number of allylic oxidation sites excluding steroid dienone is 1. The van der Waals surface area contributed by atoms with Crippen molar-refractivity contribution in [2.24, 2.45) is 0 Å². The lowest BCUT2D eigenvalue weighted by Gasteiger charge is -2.18. The summed E-state index contributed by atoms with van der Waals surface area (Å²) < 4.78 is 0. The molecular formula is C18H26O. The van der Waals surface area contributed by atoms with Crippen LogP contribution in [-0.4, -0.2) is 11.2 Å². The first-order valence-corrected chi connectivity index (χ1v) is 7.60. The van der Waals surface area contributed by atoms with Crippen LogP contribution in [0.3, 0.4) is 0 Å². The highest BCUT2D eigenvalue weighted by Crippen LogP contribution is 2.22. The molecule has 0 saturated carbocycles. The Kier molecular flexibility index (Phi) is 5.21. The summed E-state index contributed by atoms with van der Waals surface area (Å²) in [5.74, 6) is 0. The number of rotatable bonds is 3. The van der Waals surface area contributed by atoms with E-state index in [0.717, 1.165) is 19.3 Å². The summed E-state index contributed by atoms with van der Waals surface area (Å²) in [5, 5.41) is 10.4. The molecule has 1 nitrogen and oxygen atoms in total. The predicted octanol–water partition coefficient (Wildman–Crippen LogP) is 4.49. The van der Waals surface area contributed by atoms with Crippen molar-refractivity contribution >= 4 is 0 Å². The molecule has 1 atom stereocenters. The zero-order valence-corrected chi connectivity index (χ0v) is 12.3. The molecule has 1 aromatic rings. The van der Waals surface area contributed by atoms with Gasteiger partial charge < -0.3 is 5.11 Å². The monoisotopic (exact) mass is 258 g/mol. The lowest BCUT2D eigenvalue weighted by molar-refractivity contribution is 0.205. The van der Waals surface area contributed by atoms with Crippen molar-refractivity contribution in [1.29, 1.82) is 0 Å². The third-order valence-corrected chi connectivity index (χ3v) is 4.25. The molecule has 19 heavy (non-hydrogen) atoms. The van der Waals surface area contributed by atoms with Gasteiger partial charge in [-0.2, -0.15) is 0 Å². The van der Waals surface area contributed by atoms with E-state index in [2.05, 4.69) is 38.1 Å². The van der Waals surface area contributed by atoms with Crippen molar-refractivity contribution in [1.82, 2.24) is 0 Å². The highest BCUT2D eigenvalue weighted by molar-refractivity contribution is 5.31. The molecule has 0 aliphatic heterocycles. The normalized spacial score (nSPS) is 21.1. The van der Waals surface area contributed by atoms with Crippen LogP contribution in [0.2, 0.25) is 0 Å². The van der Waals surface area contributed by atoms with Crippen LogP contribution in [-0.2, 0) is 6.42 Å². The molecule has 1 aromatic carbocycles. The maximum absolute atomic E-state index is 10.4. The third kappa shape index (κ3) is 4.21. The largest absolute Gasteiger partial charge is 0.388 e. The second kappa shape index (κ2) is 6.91. The maximum atomic E-state index is 10.4. The molecule has 1 N–H and O–H groups in total. The van der Waals surface area contributed by atoms with Crippen LogP contribution >= 0.6 is 0 Å². The summed E-state index contributed by atoms with van der Waals surface area (Å²) in [4.78, 5) is 0. The van der Waals surface area contributed by atoms with Gasteiger partial charge in [-0.05, 0) is 61.8 Å². The average molecular weight is 258 g/mol. The maximum Gasteiger partial charge on any atom is 0.0790 e. The fraction of sp³-hybridized carbons (Fsp3) is 0.556. The molecule has 1 aliphatic rings. The van der Waals surface area contributed by atoms with E-state index in [4.69, 9.17) is 0 Å². The van der Waals surface area contributed by atoms with Gasteiger partial charge >= 0.3 is 0 Å². The molecule has 0 heterocycles. The van der Waals surface area contributed by atoms with Gasteiger partial charge in [0.25, 0.3) is 0 Å². The fourth-order valence-corrected chi connectivity index (χ4v) is 2.80. The van der Waals surface area contributed by atoms with E-state index in [1.807, 2.05) is 0 Å². The van der Waals surface area contributed by atoms with Crippen molar-refractivity contribution in [3.63, 3.8) is 0 Å². The molecule has 0 bridgehead atoms. The minimum Gasteiger partial charge on any atom is -0.388 e. The van der Waals surface area contributed by atoms with Crippen LogP contribution in [0.1, 0.15) is 55.2 Å². The van der Waals surface area contributed by atoms with E-state index in [1.54, 1.807) is 0 Å². The summed E-state index contributed by atoms with van der Waals surface area (Å²) in [6.07, 6.45) is 10.1. The van der Waals surface area contributed by atoms with E-state index in [0.29, 0.717) is 0 Å². The average Bonchev–Trinajstić information content (AvgIpc) is 2.33. The Morgan fingerprint density at radius 1 is 1.05 bits per heavy atom. The van der Waals surface area contributed by atoms with E-state index in [9.17, 15) is 5.11 Å². The lowest BCUT2D eigenvalue weighted by Crippen LogP contribution is -2.15. The van der Waals surface area contributed by atoms with E-state index < -0.39 is 0 Å². The molecule has 1 unspecified atom stereocenters. The van der Waals surface area contributed by atoms with E-state index >= 15 is 0 Å². The molecule has 1 heteroatoms. The molecule has 1 aliphatic carbocycles. The van der Waals surface area contributed by atoms with Gasteiger partial charge in [0, 0.05) is 6.42 Å². The van der Waals surface area contributed by atoms with Crippen LogP contribution < -0.4 is 0 Å². The fourth-order valence-electron chi connectivity index (χ4n) is 2.80. The van der Waals surface area contributed by atoms with Gasteiger partial charge in [0.2, 0.25) is 0 Å². The van der Waals surface area contributed by atoms with Crippen LogP contribution in [0.15, 0.2) is 29.8 Å². The zero-order valence-electron chi connectivity index (χ0n) is 12.3. The summed E-state index contributed by atoms with van der Waals surface area (Å²) in [6.45, 7) is 4.27. The van der Waals surface area contributed by atoms with Crippen LogP contribution in [0.25, 0.3) is 0 Å². The molecule has 2 rings (SSSR count). The second-order valence-electron chi connectivity index (χ2n) is 5.87. The Hall–Kier alpha value is -1.08. The number of aryl methyl sites for hydroxylation is 2. The van der Waals surface area contributed by atoms with Gasteiger partial charge in [-0.1, -0.05) is 37.1 Å². The zero-order chi connectivity index (χ0) is 13.7. The van der Waals surface area contributed by atoms with Crippen molar-refractivity contribution in [3.8, 4) is 0 Å². The van der Waals surface area contributed by atoms with E-state index in [-0.39, 0.29) is 6.10 Å². The van der Waals surface area contributed by atoms with Gasteiger partial charge in [0.1, 0.15) is 0 Å². The minimum atomic E-state index is -0.291. The lowest BCUT2D eigenvalue weighted by atomic mass is 9.92. The summed E-state index contributed by atoms with van der Waals surface area (Å²) in [5.41, 5.74) is 5.15. The Morgan fingerprint density at radius 3 is 2.63 bits per heavy atom. The highest BCUT2D eigenvalue weighted by Gasteiger charge is 2.13. The molecule has 0 amide bonds. The first kappa shape index (κ1) is 14.3. The Morgan fingerprint density at radius 2 is 1.84 bits per heavy atom. The van der Waals surface area contributed by atoms with Gasteiger partial charge in [0.05, 0.1) is 6.10 Å². The summed E-state index contributed by atoms with van der Waals surface area (Å²) in [7, 11) is 0. The number of aliphatic hydroxyl groups excluding tert-OH is 1. The van der Waals surface area contributed by atoms with Gasteiger partial charge in [-0.15, -0.1) is 0 Å². The molecule has 0 radical (unpaired) electrons. The van der Waals surface area contributed by atoms with Gasteiger partial charge in [-0.3, -0.25) is 0 Å². The first-order valence-electron chi connectivity index (χ1n) is 7.60. The number of benzene rings is 1. The smallest absolute Gasteiger partial charge is 0.0790 e. The van der Waals surface area contributed by atoms with Gasteiger partial charge in [-0.25, -0.2) is 0 Å². The van der Waals surface area contributed by atoms with Crippen molar-refractivity contribution in [2.75, 3.05) is 0 Å². The molecule has 0 saturated heterocycles. The van der Waals surface area contributed by atoms with E-state index in [1.165, 1.54) is 47.9 Å². The van der Waals surface area contributed by atoms with Crippen LogP contribution in [0.5, 0.6) is 0 Å². The summed E-state index contributed by atoms with van der Waals surface area (Å²) >= 11 is 0. The molecule has 0 aromatic heterocycles. The molecule has 104 valence electrons. The Labute approximate surface area is 117 Å². The van der Waals surface area contributed by atoms with Crippen molar-refractivity contribution < 1.29 is 5.11 Å². The van der Waals surface area contributed by atoms with Crippen molar-refractivity contribution in [3.05, 3.63) is 46.5 Å². The van der Waals surface area contributed by atoms with Gasteiger partial charge in [0.15, 0.2) is 0 Å². The topological polar surface area (TPSA) is 20.2 Å². The SMILES string of the molecule is Cc1ccc(CC(O)/C2=C/CCCCCC2)cc1C. The first-order chi connectivity index (χ1) is 9.16. The standard InChI is InChI=1S/C18H26O/c1-14-10-11-16(12-15(14)2)13-18(19)17-8-6-4-3-5-7-9-17/h8,10-12,18-19H,3-7,9,13H2,1-2H3/b17-8+. The number of aliphatic hydroxyl groups is 1. The van der Waals surface area contributed by atoms with Crippen molar-refractivity contribution in [2.45, 2.75) is 64.9 Å². The highest BCUT2D eigenvalue weighted by atomic mass is 16.3. The minimum absolute atomic E-state index is 0.291. The molecule has 0 fully saturated rings. The number of hydrogen-bond acceptors (Lipinski definition) is 1.